The monoisotopic (exact) mass is 367 g/mol. The molecule has 7 nitrogen and oxygen atoms in total. The maximum Gasteiger partial charge on any atom is 0.316 e. The van der Waals surface area contributed by atoms with E-state index in [0.717, 1.165) is 16.7 Å². The molecule has 1 aromatic heterocycles. The number of nitrogens with zero attached hydrogens (tertiary/aromatic N) is 2. The summed E-state index contributed by atoms with van der Waals surface area (Å²) in [5.74, 6) is 1.25. The molecule has 0 aliphatic rings. The first-order valence-corrected chi connectivity index (χ1v) is 8.50. The molecule has 3 aromatic rings. The molecule has 0 fully saturated rings. The van der Waals surface area contributed by atoms with Gasteiger partial charge in [-0.05, 0) is 37.1 Å². The van der Waals surface area contributed by atoms with E-state index in [-0.39, 0.29) is 5.89 Å². The van der Waals surface area contributed by atoms with E-state index in [2.05, 4.69) is 15.5 Å². The van der Waals surface area contributed by atoms with Crippen molar-refractivity contribution in [2.45, 2.75) is 13.3 Å². The number of amides is 1. The number of ether oxygens (including phenoxy) is 2. The van der Waals surface area contributed by atoms with Crippen LogP contribution >= 0.6 is 0 Å². The van der Waals surface area contributed by atoms with Crippen molar-refractivity contribution in [2.24, 2.45) is 0 Å². The van der Waals surface area contributed by atoms with Gasteiger partial charge < -0.3 is 19.3 Å². The molecule has 0 bridgehead atoms. The van der Waals surface area contributed by atoms with Crippen molar-refractivity contribution in [3.8, 4) is 22.9 Å². The number of rotatable bonds is 7. The van der Waals surface area contributed by atoms with E-state index >= 15 is 0 Å². The molecule has 0 spiro atoms. The highest BCUT2D eigenvalue weighted by molar-refractivity contribution is 5.89. The fourth-order valence-electron chi connectivity index (χ4n) is 2.65. The van der Waals surface area contributed by atoms with Gasteiger partial charge in [0.1, 0.15) is 0 Å². The first-order chi connectivity index (χ1) is 13.1. The Hall–Kier alpha value is -3.35. The van der Waals surface area contributed by atoms with E-state index in [4.69, 9.17) is 14.0 Å². The Morgan fingerprint density at radius 3 is 2.67 bits per heavy atom. The molecule has 1 heterocycles. The number of hydrogen-bond donors (Lipinski definition) is 1. The van der Waals surface area contributed by atoms with E-state index in [0.29, 0.717) is 30.3 Å². The van der Waals surface area contributed by atoms with Crippen LogP contribution in [0.3, 0.4) is 0 Å². The third-order valence-corrected chi connectivity index (χ3v) is 4.04. The molecule has 0 aliphatic heterocycles. The minimum absolute atomic E-state index is 0.0567. The molecule has 3 rings (SSSR count). The first-order valence-electron chi connectivity index (χ1n) is 8.50. The van der Waals surface area contributed by atoms with E-state index in [9.17, 15) is 4.79 Å². The lowest BCUT2D eigenvalue weighted by Gasteiger charge is -2.09. The second kappa shape index (κ2) is 8.35. The zero-order valence-electron chi connectivity index (χ0n) is 15.5. The summed E-state index contributed by atoms with van der Waals surface area (Å²) in [4.78, 5) is 16.4. The van der Waals surface area contributed by atoms with Crippen LogP contribution < -0.4 is 14.8 Å². The second-order valence-corrected chi connectivity index (χ2v) is 5.99. The Labute approximate surface area is 157 Å². The number of carbonyl (C=O) groups is 1. The molecule has 7 heteroatoms. The molecular weight excluding hydrogens is 346 g/mol. The highest BCUT2D eigenvalue weighted by Crippen LogP contribution is 2.27. The van der Waals surface area contributed by atoms with Crippen LogP contribution in [0, 0.1) is 6.92 Å². The van der Waals surface area contributed by atoms with Gasteiger partial charge in [-0.15, -0.1) is 0 Å². The van der Waals surface area contributed by atoms with Crippen molar-refractivity contribution >= 4 is 5.91 Å². The van der Waals surface area contributed by atoms with Crippen LogP contribution in [-0.2, 0) is 6.42 Å². The number of methoxy groups -OCH3 is 2. The van der Waals surface area contributed by atoms with E-state index in [1.165, 1.54) is 0 Å². The van der Waals surface area contributed by atoms with Gasteiger partial charge in [-0.1, -0.05) is 35.0 Å². The van der Waals surface area contributed by atoms with Gasteiger partial charge in [0.05, 0.1) is 14.2 Å². The Kier molecular flexibility index (Phi) is 5.71. The van der Waals surface area contributed by atoms with Crippen LogP contribution in [-0.4, -0.2) is 36.8 Å². The van der Waals surface area contributed by atoms with Crippen molar-refractivity contribution in [3.05, 3.63) is 59.5 Å². The summed E-state index contributed by atoms with van der Waals surface area (Å²) in [5.41, 5.74) is 2.90. The van der Waals surface area contributed by atoms with Crippen molar-refractivity contribution < 1.29 is 18.8 Å². The molecule has 0 saturated heterocycles. The summed E-state index contributed by atoms with van der Waals surface area (Å²) >= 11 is 0. The Bertz CT molecular complexity index is 936. The molecule has 0 radical (unpaired) electrons. The third-order valence-electron chi connectivity index (χ3n) is 4.04. The molecule has 1 N–H and O–H groups in total. The molecule has 27 heavy (non-hydrogen) atoms. The maximum absolute atomic E-state index is 12.2. The summed E-state index contributed by atoms with van der Waals surface area (Å²) in [6.07, 6.45) is 0.630. The standard InChI is InChI=1S/C20H21N3O4/c1-13-5-4-6-15(11-13)18-22-20(27-23-18)19(24)21-10-9-14-7-8-16(25-2)17(12-14)26-3/h4-8,11-12H,9-10H2,1-3H3,(H,21,24). The normalized spacial score (nSPS) is 10.5. The van der Waals surface area contributed by atoms with Gasteiger partial charge in [0.15, 0.2) is 11.5 Å². The lowest BCUT2D eigenvalue weighted by molar-refractivity contribution is 0.0910. The van der Waals surface area contributed by atoms with Crippen molar-refractivity contribution in [3.63, 3.8) is 0 Å². The predicted molar refractivity (Wildman–Crippen MR) is 100 cm³/mol. The summed E-state index contributed by atoms with van der Waals surface area (Å²) < 4.78 is 15.6. The SMILES string of the molecule is COc1ccc(CCNC(=O)c2nc(-c3cccc(C)c3)no2)cc1OC. The third kappa shape index (κ3) is 4.44. The average molecular weight is 367 g/mol. The van der Waals surface area contributed by atoms with E-state index in [1.807, 2.05) is 49.4 Å². The quantitative estimate of drug-likeness (QED) is 0.691. The smallest absolute Gasteiger partial charge is 0.316 e. The summed E-state index contributed by atoms with van der Waals surface area (Å²) in [6.45, 7) is 2.40. The fourth-order valence-corrected chi connectivity index (χ4v) is 2.65. The summed E-state index contributed by atoms with van der Waals surface area (Å²) in [7, 11) is 3.18. The van der Waals surface area contributed by atoms with E-state index < -0.39 is 5.91 Å². The minimum atomic E-state index is -0.401. The van der Waals surface area contributed by atoms with Gasteiger partial charge in [0.25, 0.3) is 0 Å². The predicted octanol–water partition coefficient (Wildman–Crippen LogP) is 3.03. The number of aryl methyl sites for hydroxylation is 1. The largest absolute Gasteiger partial charge is 0.493 e. The van der Waals surface area contributed by atoms with Gasteiger partial charge >= 0.3 is 11.8 Å². The van der Waals surface area contributed by atoms with Crippen molar-refractivity contribution in [1.82, 2.24) is 15.5 Å². The van der Waals surface area contributed by atoms with Crippen LogP contribution in [0.15, 0.2) is 47.0 Å². The minimum Gasteiger partial charge on any atom is -0.493 e. The highest BCUT2D eigenvalue weighted by Gasteiger charge is 2.16. The molecule has 0 unspecified atom stereocenters. The molecule has 2 aromatic carbocycles. The molecular formula is C20H21N3O4. The van der Waals surface area contributed by atoms with E-state index in [1.54, 1.807) is 14.2 Å². The van der Waals surface area contributed by atoms with Crippen molar-refractivity contribution in [2.75, 3.05) is 20.8 Å². The Morgan fingerprint density at radius 1 is 1.11 bits per heavy atom. The zero-order valence-corrected chi connectivity index (χ0v) is 15.5. The number of benzene rings is 2. The average Bonchev–Trinajstić information content (AvgIpc) is 3.18. The fraction of sp³-hybridized carbons (Fsp3) is 0.250. The van der Waals surface area contributed by atoms with Crippen LogP contribution in [0.4, 0.5) is 0 Å². The zero-order chi connectivity index (χ0) is 19.2. The first kappa shape index (κ1) is 18.4. The van der Waals surface area contributed by atoms with Gasteiger partial charge in [0.2, 0.25) is 5.82 Å². The van der Waals surface area contributed by atoms with Crippen LogP contribution in [0.2, 0.25) is 0 Å². The van der Waals surface area contributed by atoms with Crippen molar-refractivity contribution in [1.29, 1.82) is 0 Å². The van der Waals surface area contributed by atoms with Gasteiger partial charge in [-0.25, -0.2) is 0 Å². The lowest BCUT2D eigenvalue weighted by atomic mass is 10.1. The van der Waals surface area contributed by atoms with Gasteiger partial charge in [-0.3, -0.25) is 4.79 Å². The number of carbonyl (C=O) groups excluding carboxylic acids is 1. The second-order valence-electron chi connectivity index (χ2n) is 5.99. The lowest BCUT2D eigenvalue weighted by Crippen LogP contribution is -2.26. The number of hydrogen-bond acceptors (Lipinski definition) is 6. The van der Waals surface area contributed by atoms with Crippen LogP contribution in [0.1, 0.15) is 21.8 Å². The highest BCUT2D eigenvalue weighted by atomic mass is 16.5. The van der Waals surface area contributed by atoms with Crippen LogP contribution in [0.25, 0.3) is 11.4 Å². The Balaban J connectivity index is 1.59. The summed E-state index contributed by atoms with van der Waals surface area (Å²) in [5, 5.41) is 6.66. The number of nitrogens with one attached hydrogen (secondary N) is 1. The molecule has 140 valence electrons. The summed E-state index contributed by atoms with van der Waals surface area (Å²) in [6, 6.07) is 13.3. The Morgan fingerprint density at radius 2 is 1.93 bits per heavy atom. The topological polar surface area (TPSA) is 86.5 Å². The van der Waals surface area contributed by atoms with Gasteiger partial charge in [0, 0.05) is 12.1 Å². The number of aromatic nitrogens is 2. The molecule has 0 atom stereocenters. The van der Waals surface area contributed by atoms with Crippen LogP contribution in [0.5, 0.6) is 11.5 Å². The molecule has 0 saturated carbocycles. The molecule has 0 aliphatic carbocycles. The maximum atomic E-state index is 12.2. The van der Waals surface area contributed by atoms with Gasteiger partial charge in [-0.2, -0.15) is 4.98 Å². The molecule has 1 amide bonds.